The first kappa shape index (κ1) is 29.0. The predicted molar refractivity (Wildman–Crippen MR) is 157 cm³/mol. The van der Waals surface area contributed by atoms with Crippen LogP contribution in [-0.2, 0) is 0 Å². The van der Waals surface area contributed by atoms with Crippen molar-refractivity contribution in [3.63, 3.8) is 0 Å². The lowest BCUT2D eigenvalue weighted by Crippen LogP contribution is -2.97. The minimum atomic E-state index is -1.25. The van der Waals surface area contributed by atoms with Crippen molar-refractivity contribution >= 4 is 66.4 Å². The van der Waals surface area contributed by atoms with Gasteiger partial charge in [-0.05, 0) is 0 Å². The molecule has 0 bridgehead atoms. The summed E-state index contributed by atoms with van der Waals surface area (Å²) in [5, 5.41) is 0. The van der Waals surface area contributed by atoms with Crippen molar-refractivity contribution in [3.8, 4) is 0 Å². The SMILES string of the molecule is C[Si](C)(C)[Si]([Si][Si]([Si](C)(C)C)([Si](C)(C)C)[Si](C)(C)C)([Si](C)(C)C)[Si](C)(C)C. The Morgan fingerprint density at radius 3 is 0.444 bits per heavy atom. The van der Waals surface area contributed by atoms with Gasteiger partial charge < -0.3 is 0 Å². The second-order valence-electron chi connectivity index (χ2n) is 15.1. The molecule has 0 amide bonds. The molecule has 0 spiro atoms. The van der Waals surface area contributed by atoms with Gasteiger partial charge in [0.2, 0.25) is 0 Å². The van der Waals surface area contributed by atoms with Crippen molar-refractivity contribution in [1.82, 2.24) is 0 Å². The second kappa shape index (κ2) is 7.82. The summed E-state index contributed by atoms with van der Waals surface area (Å²) in [6.07, 6.45) is -2.51. The zero-order valence-electron chi connectivity index (χ0n) is 22.5. The Labute approximate surface area is 183 Å². The van der Waals surface area contributed by atoms with Crippen LogP contribution in [0.2, 0.25) is 118 Å². The van der Waals surface area contributed by atoms with Gasteiger partial charge in [-0.3, -0.25) is 0 Å². The molecule has 162 valence electrons. The van der Waals surface area contributed by atoms with E-state index in [9.17, 15) is 0 Å². The Balaban J connectivity index is 7.45. The predicted octanol–water partition coefficient (Wildman–Crippen LogP) is 7.08. The van der Waals surface area contributed by atoms with E-state index in [0.29, 0.717) is 0 Å². The minimum absolute atomic E-state index is 1.18. The monoisotopic (exact) mass is 522 g/mol. The number of rotatable bonds is 8. The molecule has 0 aliphatic carbocycles. The van der Waals surface area contributed by atoms with Crippen LogP contribution in [0.15, 0.2) is 0 Å². The molecule has 0 aromatic rings. The van der Waals surface area contributed by atoms with Crippen LogP contribution in [0.5, 0.6) is 0 Å². The summed E-state index contributed by atoms with van der Waals surface area (Å²) in [5.41, 5.74) is 0. The zero-order valence-corrected chi connectivity index (χ0v) is 31.5. The lowest BCUT2D eigenvalue weighted by atomic mass is 11.8. The summed E-state index contributed by atoms with van der Waals surface area (Å²) >= 11 is 0. The van der Waals surface area contributed by atoms with Crippen LogP contribution in [0.4, 0.5) is 0 Å². The first-order chi connectivity index (χ1) is 11.2. The van der Waals surface area contributed by atoms with E-state index in [4.69, 9.17) is 0 Å². The smallest absolute Gasteiger partial charge is 0.0305 e. The number of hydrogen-bond donors (Lipinski definition) is 0. The maximum absolute atomic E-state index is 2.83. The van der Waals surface area contributed by atoms with E-state index >= 15 is 0 Å². The highest BCUT2D eigenvalue weighted by atomic mass is 30.4. The van der Waals surface area contributed by atoms with Gasteiger partial charge in [0, 0.05) is 66.4 Å². The second-order valence-corrected chi connectivity index (χ2v) is 111. The standard InChI is InChI=1S/C18H54Si9/c1-20(2,3)26(21(4,5)6,22(7,8)9)19-27(23(10,11)12,24(13,14)15)25(16,17)18/h1-18H3. The van der Waals surface area contributed by atoms with Gasteiger partial charge in [-0.15, -0.1) is 0 Å². The molecule has 0 saturated heterocycles. The Hall–Kier alpha value is 1.95. The molecule has 0 unspecified atom stereocenters. The van der Waals surface area contributed by atoms with Gasteiger partial charge in [-0.25, -0.2) is 0 Å². The summed E-state index contributed by atoms with van der Waals surface area (Å²) in [7, 11) is -5.56. The normalized spacial score (nSPS) is 16.7. The fourth-order valence-corrected chi connectivity index (χ4v) is 342. The molecule has 0 aliphatic heterocycles. The molecule has 0 N–H and O–H groups in total. The molecule has 0 heterocycles. The van der Waals surface area contributed by atoms with Crippen LogP contribution in [0.1, 0.15) is 0 Å². The van der Waals surface area contributed by atoms with E-state index in [1.54, 1.807) is 0 Å². The van der Waals surface area contributed by atoms with Crippen LogP contribution in [0, 0.1) is 0 Å². The Morgan fingerprint density at radius 1 is 0.259 bits per heavy atom. The molecule has 0 aromatic heterocycles. The fraction of sp³-hybridized carbons (Fsp3) is 1.00. The minimum Gasteiger partial charge on any atom is -0.0721 e. The molecule has 0 aromatic carbocycles. The molecule has 0 rings (SSSR count). The molecule has 0 aliphatic rings. The molecule has 0 nitrogen and oxygen atoms in total. The van der Waals surface area contributed by atoms with Crippen LogP contribution < -0.4 is 0 Å². The van der Waals surface area contributed by atoms with Crippen LogP contribution in [-0.4, -0.2) is 66.4 Å². The van der Waals surface area contributed by atoms with E-state index < -0.39 is 57.8 Å². The summed E-state index contributed by atoms with van der Waals surface area (Å²) in [6.45, 7) is 51.0. The van der Waals surface area contributed by atoms with Gasteiger partial charge >= 0.3 is 0 Å². The molecule has 2 radical (unpaired) electrons. The van der Waals surface area contributed by atoms with Gasteiger partial charge in [-0.2, -0.15) is 0 Å². The molecular weight excluding hydrogens is 469 g/mol. The molecule has 27 heavy (non-hydrogen) atoms. The third kappa shape index (κ3) is 4.91. The van der Waals surface area contributed by atoms with Crippen LogP contribution >= 0.6 is 0 Å². The maximum Gasteiger partial charge on any atom is 0.0305 e. The molecule has 0 saturated carbocycles. The first-order valence-electron chi connectivity index (χ1n) is 11.0. The van der Waals surface area contributed by atoms with E-state index in [1.807, 2.05) is 0 Å². The average molecular weight is 523 g/mol. The largest absolute Gasteiger partial charge is 0.0721 e. The van der Waals surface area contributed by atoms with Gasteiger partial charge in [0.15, 0.2) is 0 Å². The Morgan fingerprint density at radius 2 is 0.370 bits per heavy atom. The van der Waals surface area contributed by atoms with E-state index in [1.165, 1.54) is 8.55 Å². The van der Waals surface area contributed by atoms with Crippen LogP contribution in [0.3, 0.4) is 0 Å². The molecular formula is C18H54Si9. The third-order valence-electron chi connectivity index (χ3n) is 7.12. The Bertz CT molecular complexity index is 394. The summed E-state index contributed by atoms with van der Waals surface area (Å²) in [6, 6.07) is 0. The van der Waals surface area contributed by atoms with Crippen LogP contribution in [0.25, 0.3) is 0 Å². The quantitative estimate of drug-likeness (QED) is 0.299. The lowest BCUT2D eigenvalue weighted by molar-refractivity contribution is 1.75. The van der Waals surface area contributed by atoms with Crippen molar-refractivity contribution in [2.75, 3.05) is 0 Å². The number of hydrogen-bond acceptors (Lipinski definition) is 0. The highest BCUT2D eigenvalue weighted by Gasteiger charge is 2.70. The topological polar surface area (TPSA) is 0 Å². The Kier molecular flexibility index (Phi) is 8.39. The lowest BCUT2D eigenvalue weighted by Gasteiger charge is -2.67. The average Bonchev–Trinajstić information content (AvgIpc) is 2.16. The van der Waals surface area contributed by atoms with E-state index in [0.717, 1.165) is 0 Å². The third-order valence-corrected chi connectivity index (χ3v) is 213. The summed E-state index contributed by atoms with van der Waals surface area (Å²) < 4.78 is 0. The van der Waals surface area contributed by atoms with Crippen molar-refractivity contribution in [2.24, 2.45) is 0 Å². The van der Waals surface area contributed by atoms with Crippen molar-refractivity contribution < 1.29 is 0 Å². The van der Waals surface area contributed by atoms with Gasteiger partial charge in [0.1, 0.15) is 0 Å². The van der Waals surface area contributed by atoms with Crippen molar-refractivity contribution in [3.05, 3.63) is 0 Å². The van der Waals surface area contributed by atoms with Crippen molar-refractivity contribution in [2.45, 2.75) is 118 Å². The zero-order chi connectivity index (χ0) is 22.7. The molecule has 9 heteroatoms. The maximum atomic E-state index is 2.83. The highest BCUT2D eigenvalue weighted by molar-refractivity contribution is 8.19. The summed E-state index contributed by atoms with van der Waals surface area (Å²) in [5.74, 6) is 0. The molecule has 0 fully saturated rings. The first-order valence-corrected chi connectivity index (χ1v) is 45.0. The van der Waals surface area contributed by atoms with E-state index in [2.05, 4.69) is 118 Å². The molecule has 0 atom stereocenters. The van der Waals surface area contributed by atoms with E-state index in [-0.39, 0.29) is 0 Å². The fourth-order valence-electron chi connectivity index (χ4n) is 8.16. The van der Waals surface area contributed by atoms with Gasteiger partial charge in [0.05, 0.1) is 0 Å². The van der Waals surface area contributed by atoms with Gasteiger partial charge in [-0.1, -0.05) is 118 Å². The highest BCUT2D eigenvalue weighted by Crippen LogP contribution is 2.44. The van der Waals surface area contributed by atoms with Gasteiger partial charge in [0.25, 0.3) is 0 Å². The van der Waals surface area contributed by atoms with Crippen molar-refractivity contribution in [1.29, 1.82) is 0 Å². The summed E-state index contributed by atoms with van der Waals surface area (Å²) in [4.78, 5) is 0.